The number of hydrogen-bond donors (Lipinski definition) is 0. The lowest BCUT2D eigenvalue weighted by molar-refractivity contribution is 0.0723. The summed E-state index contributed by atoms with van der Waals surface area (Å²) in [7, 11) is 0. The first-order valence-corrected chi connectivity index (χ1v) is 7.91. The molecule has 0 fully saturated rings. The third kappa shape index (κ3) is 3.66. The molecule has 25 heavy (non-hydrogen) atoms. The monoisotopic (exact) mass is 334 g/mol. The number of aromatic nitrogens is 2. The van der Waals surface area contributed by atoms with Crippen LogP contribution in [0.5, 0.6) is 5.88 Å². The Kier molecular flexibility index (Phi) is 4.48. The Morgan fingerprint density at radius 2 is 1.36 bits per heavy atom. The van der Waals surface area contributed by atoms with Crippen LogP contribution in [0, 0.1) is 20.8 Å². The smallest absolute Gasteiger partial charge is 0.344 e. The molecule has 1 heterocycles. The number of benzene rings is 2. The van der Waals surface area contributed by atoms with Gasteiger partial charge in [-0.2, -0.15) is 4.68 Å². The Bertz CT molecular complexity index is 923. The van der Waals surface area contributed by atoms with E-state index in [9.17, 15) is 9.59 Å². The molecule has 0 aliphatic heterocycles. The summed E-state index contributed by atoms with van der Waals surface area (Å²) in [5, 5.41) is 4.12. The van der Waals surface area contributed by atoms with Gasteiger partial charge in [-0.1, -0.05) is 35.4 Å². The summed E-state index contributed by atoms with van der Waals surface area (Å²) in [5.74, 6) is -0.675. The third-order valence-electron chi connectivity index (χ3n) is 3.84. The van der Waals surface area contributed by atoms with Crippen molar-refractivity contribution in [2.45, 2.75) is 20.8 Å². The largest absolute Gasteiger partial charge is 0.402 e. The highest BCUT2D eigenvalue weighted by atomic mass is 16.5. The maximum absolute atomic E-state index is 12.5. The fraction of sp³-hybridized carbons (Fsp3) is 0.150. The molecule has 0 bridgehead atoms. The van der Waals surface area contributed by atoms with Crippen molar-refractivity contribution < 1.29 is 14.3 Å². The highest BCUT2D eigenvalue weighted by molar-refractivity contribution is 5.96. The number of esters is 1. The molecule has 0 saturated heterocycles. The van der Waals surface area contributed by atoms with Crippen LogP contribution in [0.25, 0.3) is 0 Å². The molecular formula is C20H18N2O3. The Morgan fingerprint density at radius 3 is 1.92 bits per heavy atom. The minimum atomic E-state index is -0.507. The molecule has 0 amide bonds. The lowest BCUT2D eigenvalue weighted by Crippen LogP contribution is -2.15. The molecule has 2 aromatic carbocycles. The van der Waals surface area contributed by atoms with Gasteiger partial charge in [0.25, 0.3) is 5.91 Å². The van der Waals surface area contributed by atoms with Crippen LogP contribution in [0.15, 0.2) is 54.6 Å². The number of nitrogens with zero attached hydrogens (tertiary/aromatic N) is 2. The van der Waals surface area contributed by atoms with Crippen LogP contribution < -0.4 is 4.74 Å². The van der Waals surface area contributed by atoms with E-state index in [0.29, 0.717) is 16.8 Å². The van der Waals surface area contributed by atoms with Crippen LogP contribution >= 0.6 is 0 Å². The lowest BCUT2D eigenvalue weighted by atomic mass is 10.1. The Hall–Kier alpha value is -3.21. The van der Waals surface area contributed by atoms with E-state index in [2.05, 4.69) is 5.10 Å². The first kappa shape index (κ1) is 16.6. The van der Waals surface area contributed by atoms with Gasteiger partial charge in [-0.05, 0) is 45.0 Å². The third-order valence-corrected chi connectivity index (χ3v) is 3.84. The molecule has 0 unspecified atom stereocenters. The van der Waals surface area contributed by atoms with E-state index in [1.165, 1.54) is 4.68 Å². The molecule has 0 aliphatic carbocycles. The van der Waals surface area contributed by atoms with E-state index in [1.807, 2.05) is 38.1 Å². The van der Waals surface area contributed by atoms with Crippen molar-refractivity contribution in [3.8, 4) is 5.88 Å². The van der Waals surface area contributed by atoms with Gasteiger partial charge in [-0.3, -0.25) is 4.79 Å². The minimum Gasteiger partial charge on any atom is -0.402 e. The average molecular weight is 334 g/mol. The maximum atomic E-state index is 12.5. The van der Waals surface area contributed by atoms with E-state index >= 15 is 0 Å². The highest BCUT2D eigenvalue weighted by Crippen LogP contribution is 2.16. The van der Waals surface area contributed by atoms with Crippen molar-refractivity contribution in [3.63, 3.8) is 0 Å². The summed E-state index contributed by atoms with van der Waals surface area (Å²) in [4.78, 5) is 24.7. The summed E-state index contributed by atoms with van der Waals surface area (Å²) in [6.45, 7) is 5.63. The minimum absolute atomic E-state index is 0.100. The number of carbonyl (C=O) groups is 2. The first-order chi connectivity index (χ1) is 11.9. The Morgan fingerprint density at radius 1 is 0.840 bits per heavy atom. The Labute approximate surface area is 145 Å². The predicted octanol–water partition coefficient (Wildman–Crippen LogP) is 3.72. The summed E-state index contributed by atoms with van der Waals surface area (Å²) < 4.78 is 6.52. The fourth-order valence-corrected chi connectivity index (χ4v) is 2.36. The van der Waals surface area contributed by atoms with E-state index in [1.54, 1.807) is 37.3 Å². The number of carbonyl (C=O) groups excluding carboxylic acids is 2. The van der Waals surface area contributed by atoms with Crippen LogP contribution in [0.3, 0.4) is 0 Å². The highest BCUT2D eigenvalue weighted by Gasteiger charge is 2.17. The van der Waals surface area contributed by atoms with Crippen LogP contribution in [0.1, 0.15) is 37.5 Å². The second kappa shape index (κ2) is 6.73. The van der Waals surface area contributed by atoms with Crippen LogP contribution in [0.4, 0.5) is 0 Å². The molecule has 0 spiro atoms. The van der Waals surface area contributed by atoms with Gasteiger partial charge in [0.2, 0.25) is 5.88 Å². The fourth-order valence-electron chi connectivity index (χ4n) is 2.36. The molecule has 3 rings (SSSR count). The molecule has 5 nitrogen and oxygen atoms in total. The molecule has 126 valence electrons. The zero-order valence-electron chi connectivity index (χ0n) is 14.3. The van der Waals surface area contributed by atoms with Gasteiger partial charge >= 0.3 is 5.97 Å². The van der Waals surface area contributed by atoms with Crippen molar-refractivity contribution in [3.05, 3.63) is 82.5 Å². The summed E-state index contributed by atoms with van der Waals surface area (Å²) in [6.07, 6.45) is 0. The Balaban J connectivity index is 1.80. The molecule has 0 atom stereocenters. The van der Waals surface area contributed by atoms with Crippen molar-refractivity contribution in [1.82, 2.24) is 9.78 Å². The van der Waals surface area contributed by atoms with Crippen LogP contribution in [-0.2, 0) is 0 Å². The topological polar surface area (TPSA) is 61.2 Å². The van der Waals surface area contributed by atoms with Crippen LogP contribution in [0.2, 0.25) is 0 Å². The number of rotatable bonds is 3. The van der Waals surface area contributed by atoms with Gasteiger partial charge in [-0.25, -0.2) is 4.79 Å². The molecule has 3 aromatic rings. The van der Waals surface area contributed by atoms with Crippen molar-refractivity contribution >= 4 is 11.9 Å². The standard InChI is InChI=1S/C20H18N2O3/c1-13-4-8-16(9-5-13)19(23)22-15(3)12-18(21-22)25-20(24)17-10-6-14(2)7-11-17/h4-12H,1-3H3. The summed E-state index contributed by atoms with van der Waals surface area (Å²) >= 11 is 0. The quantitative estimate of drug-likeness (QED) is 0.685. The molecule has 1 aromatic heterocycles. The van der Waals surface area contributed by atoms with Gasteiger partial charge in [0, 0.05) is 17.3 Å². The summed E-state index contributed by atoms with van der Waals surface area (Å²) in [6, 6.07) is 15.8. The van der Waals surface area contributed by atoms with Crippen molar-refractivity contribution in [1.29, 1.82) is 0 Å². The number of aryl methyl sites for hydroxylation is 3. The molecular weight excluding hydrogens is 316 g/mol. The van der Waals surface area contributed by atoms with Crippen LogP contribution in [-0.4, -0.2) is 21.7 Å². The normalized spacial score (nSPS) is 10.5. The molecule has 5 heteroatoms. The van der Waals surface area contributed by atoms with Crippen molar-refractivity contribution in [2.24, 2.45) is 0 Å². The molecule has 0 N–H and O–H groups in total. The van der Waals surface area contributed by atoms with Gasteiger partial charge in [-0.15, -0.1) is 5.10 Å². The van der Waals surface area contributed by atoms with E-state index in [0.717, 1.165) is 11.1 Å². The van der Waals surface area contributed by atoms with Gasteiger partial charge < -0.3 is 4.74 Å². The van der Waals surface area contributed by atoms with Gasteiger partial charge in [0.15, 0.2) is 0 Å². The van der Waals surface area contributed by atoms with Crippen molar-refractivity contribution in [2.75, 3.05) is 0 Å². The lowest BCUT2D eigenvalue weighted by Gasteiger charge is -2.03. The molecule has 0 saturated carbocycles. The van der Waals surface area contributed by atoms with E-state index < -0.39 is 5.97 Å². The summed E-state index contributed by atoms with van der Waals surface area (Å²) in [5.41, 5.74) is 3.68. The number of ether oxygens (including phenoxy) is 1. The van der Waals surface area contributed by atoms with E-state index in [-0.39, 0.29) is 11.8 Å². The zero-order valence-corrected chi connectivity index (χ0v) is 14.3. The maximum Gasteiger partial charge on any atom is 0.344 e. The van der Waals surface area contributed by atoms with Gasteiger partial charge in [0.1, 0.15) is 0 Å². The SMILES string of the molecule is Cc1ccc(C(=O)Oc2cc(C)n(C(=O)c3ccc(C)cc3)n2)cc1. The molecule has 0 radical (unpaired) electrons. The second-order valence-corrected chi connectivity index (χ2v) is 5.96. The molecule has 0 aliphatic rings. The second-order valence-electron chi connectivity index (χ2n) is 5.96. The zero-order chi connectivity index (χ0) is 18.0. The predicted molar refractivity (Wildman–Crippen MR) is 94.0 cm³/mol. The van der Waals surface area contributed by atoms with Gasteiger partial charge in [0.05, 0.1) is 5.56 Å². The average Bonchev–Trinajstić information content (AvgIpc) is 2.95. The first-order valence-electron chi connectivity index (χ1n) is 7.91. The number of hydrogen-bond acceptors (Lipinski definition) is 4. The van der Waals surface area contributed by atoms with E-state index in [4.69, 9.17) is 4.74 Å².